The molecule has 0 amide bonds. The molecule has 8 heteroatoms. The van der Waals surface area contributed by atoms with E-state index in [4.69, 9.17) is 16.7 Å². The molecule has 90 valence electrons. The molecule has 0 spiro atoms. The van der Waals surface area contributed by atoms with Crippen molar-refractivity contribution in [3.63, 3.8) is 0 Å². The Kier molecular flexibility index (Phi) is 3.50. The maximum Gasteiger partial charge on any atom is 0.256 e. The average Bonchev–Trinajstić information content (AvgIpc) is 2.81. The predicted molar refractivity (Wildman–Crippen MR) is 62.1 cm³/mol. The lowest BCUT2D eigenvalue weighted by Crippen LogP contribution is -2.21. The Labute approximate surface area is 102 Å². The van der Waals surface area contributed by atoms with Crippen LogP contribution in [0.2, 0.25) is 5.28 Å². The van der Waals surface area contributed by atoms with Crippen molar-refractivity contribution < 1.29 is 5.11 Å². The molecule has 0 aliphatic heterocycles. The average molecular weight is 255 g/mol. The van der Waals surface area contributed by atoms with Gasteiger partial charge >= 0.3 is 0 Å². The summed E-state index contributed by atoms with van der Waals surface area (Å²) < 4.78 is 1.47. The van der Waals surface area contributed by atoms with E-state index in [1.807, 2.05) is 0 Å². The van der Waals surface area contributed by atoms with Crippen LogP contribution in [0.25, 0.3) is 5.95 Å². The van der Waals surface area contributed by atoms with Gasteiger partial charge in [0.2, 0.25) is 11.2 Å². The summed E-state index contributed by atoms with van der Waals surface area (Å²) in [5.74, 6) is 0.625. The van der Waals surface area contributed by atoms with Crippen LogP contribution in [0.4, 0.5) is 5.95 Å². The molecule has 2 aromatic heterocycles. The Morgan fingerprint density at radius 1 is 1.47 bits per heavy atom. The SMILES string of the molecule is CC(CO)Nc1nc(Cl)nc(-n2cccn2)n1. The highest BCUT2D eigenvalue weighted by Crippen LogP contribution is 2.09. The van der Waals surface area contributed by atoms with Gasteiger partial charge < -0.3 is 10.4 Å². The highest BCUT2D eigenvalue weighted by atomic mass is 35.5. The van der Waals surface area contributed by atoms with Crippen molar-refractivity contribution in [3.05, 3.63) is 23.7 Å². The van der Waals surface area contributed by atoms with Crippen molar-refractivity contribution in [2.75, 3.05) is 11.9 Å². The molecule has 7 nitrogen and oxygen atoms in total. The normalized spacial score (nSPS) is 12.4. The van der Waals surface area contributed by atoms with Gasteiger partial charge in [-0.05, 0) is 24.6 Å². The highest BCUT2D eigenvalue weighted by molar-refractivity contribution is 6.28. The first-order valence-corrected chi connectivity index (χ1v) is 5.36. The molecule has 1 atom stereocenters. The first-order valence-electron chi connectivity index (χ1n) is 4.98. The third kappa shape index (κ3) is 2.89. The summed E-state index contributed by atoms with van der Waals surface area (Å²) in [4.78, 5) is 12.0. The summed E-state index contributed by atoms with van der Waals surface area (Å²) >= 11 is 5.79. The van der Waals surface area contributed by atoms with Crippen molar-refractivity contribution in [2.45, 2.75) is 13.0 Å². The lowest BCUT2D eigenvalue weighted by molar-refractivity contribution is 0.281. The van der Waals surface area contributed by atoms with Crippen LogP contribution >= 0.6 is 11.6 Å². The van der Waals surface area contributed by atoms with Gasteiger partial charge in [0.05, 0.1) is 6.61 Å². The molecule has 0 aliphatic rings. The Hall–Kier alpha value is -1.73. The molecular weight excluding hydrogens is 244 g/mol. The molecule has 0 fully saturated rings. The van der Waals surface area contributed by atoms with Gasteiger partial charge in [0.15, 0.2) is 0 Å². The van der Waals surface area contributed by atoms with Crippen molar-refractivity contribution >= 4 is 17.5 Å². The monoisotopic (exact) mass is 254 g/mol. The zero-order chi connectivity index (χ0) is 12.3. The van der Waals surface area contributed by atoms with Gasteiger partial charge in [-0.3, -0.25) is 0 Å². The van der Waals surface area contributed by atoms with Crippen LogP contribution in [0, 0.1) is 0 Å². The molecule has 0 saturated carbocycles. The number of anilines is 1. The van der Waals surface area contributed by atoms with E-state index in [0.717, 1.165) is 0 Å². The largest absolute Gasteiger partial charge is 0.394 e. The number of aliphatic hydroxyl groups excluding tert-OH is 1. The number of aliphatic hydroxyl groups is 1. The summed E-state index contributed by atoms with van der Waals surface area (Å²) in [6.45, 7) is 1.77. The van der Waals surface area contributed by atoms with E-state index >= 15 is 0 Å². The van der Waals surface area contributed by atoms with Crippen molar-refractivity contribution in [3.8, 4) is 5.95 Å². The molecular formula is C9H11ClN6O. The first-order chi connectivity index (χ1) is 8.19. The molecule has 0 bridgehead atoms. The summed E-state index contributed by atoms with van der Waals surface area (Å²) in [5, 5.41) is 15.9. The molecule has 1 unspecified atom stereocenters. The highest BCUT2D eigenvalue weighted by Gasteiger charge is 2.08. The molecule has 0 aromatic carbocycles. The Morgan fingerprint density at radius 2 is 2.29 bits per heavy atom. The summed E-state index contributed by atoms with van der Waals surface area (Å²) in [7, 11) is 0. The van der Waals surface area contributed by atoms with Crippen LogP contribution in [-0.4, -0.2) is 42.5 Å². The van der Waals surface area contributed by atoms with E-state index in [0.29, 0.717) is 11.9 Å². The summed E-state index contributed by atoms with van der Waals surface area (Å²) in [6, 6.07) is 1.58. The smallest absolute Gasteiger partial charge is 0.256 e. The van der Waals surface area contributed by atoms with Crippen LogP contribution < -0.4 is 5.32 Å². The zero-order valence-electron chi connectivity index (χ0n) is 9.08. The predicted octanol–water partition coefficient (Wildman–Crippen LogP) is 0.503. The number of hydrogen-bond acceptors (Lipinski definition) is 6. The second-order valence-corrected chi connectivity index (χ2v) is 3.74. The van der Waals surface area contributed by atoms with Gasteiger partial charge in [-0.1, -0.05) is 0 Å². The van der Waals surface area contributed by atoms with Gasteiger partial charge in [0.1, 0.15) is 0 Å². The minimum atomic E-state index is -0.168. The quantitative estimate of drug-likeness (QED) is 0.826. The topological polar surface area (TPSA) is 88.8 Å². The van der Waals surface area contributed by atoms with Crippen molar-refractivity contribution in [1.82, 2.24) is 24.7 Å². The summed E-state index contributed by atoms with van der Waals surface area (Å²) in [6.07, 6.45) is 3.31. The van der Waals surface area contributed by atoms with Gasteiger partial charge in [0, 0.05) is 18.4 Å². The molecule has 17 heavy (non-hydrogen) atoms. The van der Waals surface area contributed by atoms with Gasteiger partial charge in [-0.15, -0.1) is 0 Å². The van der Waals surface area contributed by atoms with Gasteiger partial charge in [-0.2, -0.15) is 20.1 Å². The third-order valence-corrected chi connectivity index (χ3v) is 2.12. The standard InChI is InChI=1S/C9H11ClN6O/c1-6(5-17)12-8-13-7(10)14-9(15-8)16-4-2-3-11-16/h2-4,6,17H,5H2,1H3,(H,12,13,14,15). The fourth-order valence-corrected chi connectivity index (χ4v) is 1.32. The van der Waals surface area contributed by atoms with Crippen LogP contribution in [0.15, 0.2) is 18.5 Å². The molecule has 2 rings (SSSR count). The van der Waals surface area contributed by atoms with E-state index in [1.54, 1.807) is 25.4 Å². The minimum Gasteiger partial charge on any atom is -0.394 e. The molecule has 0 radical (unpaired) electrons. The Balaban J connectivity index is 2.30. The minimum absolute atomic E-state index is 0.0274. The fourth-order valence-electron chi connectivity index (χ4n) is 1.16. The van der Waals surface area contributed by atoms with E-state index in [2.05, 4.69) is 25.4 Å². The number of hydrogen-bond donors (Lipinski definition) is 2. The van der Waals surface area contributed by atoms with Crippen molar-refractivity contribution in [1.29, 1.82) is 0 Å². The molecule has 2 heterocycles. The van der Waals surface area contributed by atoms with Crippen molar-refractivity contribution in [2.24, 2.45) is 0 Å². The van der Waals surface area contributed by atoms with Crippen LogP contribution in [0.5, 0.6) is 0 Å². The Bertz CT molecular complexity index is 488. The number of aromatic nitrogens is 5. The zero-order valence-corrected chi connectivity index (χ0v) is 9.83. The summed E-state index contributed by atoms with van der Waals surface area (Å²) in [5.41, 5.74) is 0. The maximum absolute atomic E-state index is 8.93. The molecule has 2 aromatic rings. The Morgan fingerprint density at radius 3 is 2.94 bits per heavy atom. The second kappa shape index (κ2) is 5.07. The lowest BCUT2D eigenvalue weighted by atomic mass is 10.4. The van der Waals surface area contributed by atoms with E-state index in [1.165, 1.54) is 4.68 Å². The van der Waals surface area contributed by atoms with E-state index < -0.39 is 0 Å². The fraction of sp³-hybridized carbons (Fsp3) is 0.333. The van der Waals surface area contributed by atoms with E-state index in [-0.39, 0.29) is 17.9 Å². The number of halogens is 1. The third-order valence-electron chi connectivity index (χ3n) is 1.95. The lowest BCUT2D eigenvalue weighted by Gasteiger charge is -2.11. The molecule has 0 aliphatic carbocycles. The van der Waals surface area contributed by atoms with Crippen LogP contribution in [-0.2, 0) is 0 Å². The van der Waals surface area contributed by atoms with E-state index in [9.17, 15) is 0 Å². The van der Waals surface area contributed by atoms with Gasteiger partial charge in [-0.25, -0.2) is 4.68 Å². The molecule has 2 N–H and O–H groups in total. The number of nitrogens with zero attached hydrogens (tertiary/aromatic N) is 5. The molecule has 0 saturated heterocycles. The number of rotatable bonds is 4. The van der Waals surface area contributed by atoms with Gasteiger partial charge in [0.25, 0.3) is 5.95 Å². The maximum atomic E-state index is 8.93. The van der Waals surface area contributed by atoms with Crippen LogP contribution in [0.3, 0.4) is 0 Å². The van der Waals surface area contributed by atoms with Crippen LogP contribution in [0.1, 0.15) is 6.92 Å². The first kappa shape index (κ1) is 11.7. The second-order valence-electron chi connectivity index (χ2n) is 3.41. The number of nitrogens with one attached hydrogen (secondary N) is 1.